The van der Waals surface area contributed by atoms with Crippen LogP contribution in [0.25, 0.3) is 0 Å². The first kappa shape index (κ1) is 19.7. The molecule has 0 aromatic carbocycles. The normalized spacial score (nSPS) is 17.8. The fraction of sp³-hybridized carbons (Fsp3) is 0.450. The van der Waals surface area contributed by atoms with E-state index in [0.29, 0.717) is 42.5 Å². The Morgan fingerprint density at radius 2 is 1.97 bits per heavy atom. The average molecular weight is 417 g/mol. The topological polar surface area (TPSA) is 109 Å². The van der Waals surface area contributed by atoms with Gasteiger partial charge in [0, 0.05) is 31.1 Å². The van der Waals surface area contributed by atoms with Crippen LogP contribution in [0, 0.1) is 0 Å². The molecule has 1 atom stereocenters. The molecule has 1 aliphatic carbocycles. The molecule has 29 heavy (non-hydrogen) atoms. The van der Waals surface area contributed by atoms with E-state index in [0.717, 1.165) is 29.7 Å². The molecule has 3 heterocycles. The summed E-state index contributed by atoms with van der Waals surface area (Å²) in [5.41, 5.74) is 7.04. The highest BCUT2D eigenvalue weighted by atomic mass is 32.1. The summed E-state index contributed by atoms with van der Waals surface area (Å²) in [5, 5.41) is 3.48. The maximum atomic E-state index is 12.8. The number of thiophene rings is 1. The molecule has 1 fully saturated rings. The fourth-order valence-electron chi connectivity index (χ4n) is 4.00. The number of nitrogens with two attached hydrogens (primary N) is 1. The van der Waals surface area contributed by atoms with Gasteiger partial charge in [-0.1, -0.05) is 0 Å². The molecule has 0 unspecified atom stereocenters. The Balaban J connectivity index is 1.37. The quantitative estimate of drug-likeness (QED) is 0.771. The Morgan fingerprint density at radius 3 is 2.62 bits per heavy atom. The van der Waals surface area contributed by atoms with E-state index in [4.69, 9.17) is 10.2 Å². The monoisotopic (exact) mass is 416 g/mol. The van der Waals surface area contributed by atoms with Crippen LogP contribution >= 0.6 is 11.3 Å². The van der Waals surface area contributed by atoms with Gasteiger partial charge in [-0.25, -0.2) is 0 Å². The van der Waals surface area contributed by atoms with Crippen LogP contribution in [0.4, 0.5) is 5.00 Å². The molecule has 0 bridgehead atoms. The smallest absolute Gasteiger partial charge is 0.289 e. The second kappa shape index (κ2) is 8.00. The first-order valence-electron chi connectivity index (χ1n) is 9.77. The highest BCUT2D eigenvalue weighted by molar-refractivity contribution is 7.17. The maximum Gasteiger partial charge on any atom is 0.289 e. The predicted molar refractivity (Wildman–Crippen MR) is 109 cm³/mol. The number of carbonyl (C=O) groups excluding carboxylic acids is 3. The predicted octanol–water partition coefficient (Wildman–Crippen LogP) is 1.71. The molecule has 1 saturated heterocycles. The highest BCUT2D eigenvalue weighted by Crippen LogP contribution is 2.38. The molecule has 4 rings (SSSR count). The summed E-state index contributed by atoms with van der Waals surface area (Å²) in [7, 11) is 0. The molecule has 0 spiro atoms. The largest absolute Gasteiger partial charge is 0.459 e. The van der Waals surface area contributed by atoms with Crippen molar-refractivity contribution < 1.29 is 18.8 Å². The van der Waals surface area contributed by atoms with Gasteiger partial charge in [0.15, 0.2) is 5.76 Å². The standard InChI is InChI=1S/C20H24N4O4S/c1-12(23-7-9-24(10-8-23)20(27)14-5-3-11-28-14)18(26)22-19-16(17(21)25)13-4-2-6-15(13)29-19/h3,5,11-12H,2,4,6-10H2,1H3,(H2,21,25)(H,22,26)/t12-/m0/s1. The lowest BCUT2D eigenvalue weighted by molar-refractivity contribution is -0.121. The summed E-state index contributed by atoms with van der Waals surface area (Å²) in [4.78, 5) is 42.0. The van der Waals surface area contributed by atoms with E-state index in [1.54, 1.807) is 17.0 Å². The summed E-state index contributed by atoms with van der Waals surface area (Å²) in [6, 6.07) is 2.96. The van der Waals surface area contributed by atoms with Crippen molar-refractivity contribution in [1.82, 2.24) is 9.80 Å². The van der Waals surface area contributed by atoms with Crippen molar-refractivity contribution in [3.63, 3.8) is 0 Å². The van der Waals surface area contributed by atoms with Gasteiger partial charge in [-0.3, -0.25) is 19.3 Å². The number of hydrogen-bond acceptors (Lipinski definition) is 6. The first-order chi connectivity index (χ1) is 14.0. The molecule has 2 aromatic heterocycles. The maximum absolute atomic E-state index is 12.8. The highest BCUT2D eigenvalue weighted by Gasteiger charge is 2.31. The zero-order valence-electron chi connectivity index (χ0n) is 16.3. The molecule has 2 aliphatic rings. The van der Waals surface area contributed by atoms with Gasteiger partial charge in [0.25, 0.3) is 11.8 Å². The van der Waals surface area contributed by atoms with Crippen molar-refractivity contribution in [3.8, 4) is 0 Å². The Morgan fingerprint density at radius 1 is 1.21 bits per heavy atom. The molecule has 154 valence electrons. The third-order valence-electron chi connectivity index (χ3n) is 5.67. The van der Waals surface area contributed by atoms with Crippen LogP contribution < -0.4 is 11.1 Å². The fourth-order valence-corrected chi connectivity index (χ4v) is 5.30. The van der Waals surface area contributed by atoms with Crippen molar-refractivity contribution in [1.29, 1.82) is 0 Å². The number of piperazine rings is 1. The van der Waals surface area contributed by atoms with E-state index >= 15 is 0 Å². The van der Waals surface area contributed by atoms with E-state index in [9.17, 15) is 14.4 Å². The van der Waals surface area contributed by atoms with Gasteiger partial charge in [0.05, 0.1) is 17.9 Å². The van der Waals surface area contributed by atoms with E-state index < -0.39 is 5.91 Å². The molecule has 2 aromatic rings. The van der Waals surface area contributed by atoms with Crippen LogP contribution in [0.15, 0.2) is 22.8 Å². The lowest BCUT2D eigenvalue weighted by Crippen LogP contribution is -2.54. The number of nitrogens with one attached hydrogen (secondary N) is 1. The summed E-state index contributed by atoms with van der Waals surface area (Å²) in [6.07, 6.45) is 4.27. The molecule has 0 radical (unpaired) electrons. The van der Waals surface area contributed by atoms with E-state index in [2.05, 4.69) is 5.32 Å². The summed E-state index contributed by atoms with van der Waals surface area (Å²) < 4.78 is 5.18. The molecule has 9 heteroatoms. The van der Waals surface area contributed by atoms with Crippen molar-refractivity contribution in [2.24, 2.45) is 5.73 Å². The number of hydrogen-bond donors (Lipinski definition) is 2. The lowest BCUT2D eigenvalue weighted by Gasteiger charge is -2.37. The third-order valence-corrected chi connectivity index (χ3v) is 6.87. The average Bonchev–Trinajstić information content (AvgIpc) is 3.44. The zero-order chi connectivity index (χ0) is 20.5. The van der Waals surface area contributed by atoms with Gasteiger partial charge >= 0.3 is 0 Å². The van der Waals surface area contributed by atoms with Crippen LogP contribution in [-0.4, -0.2) is 59.7 Å². The van der Waals surface area contributed by atoms with Crippen molar-refractivity contribution in [2.75, 3.05) is 31.5 Å². The number of fused-ring (bicyclic) bond motifs is 1. The van der Waals surface area contributed by atoms with Crippen molar-refractivity contribution in [2.45, 2.75) is 32.2 Å². The minimum atomic E-state index is -0.489. The van der Waals surface area contributed by atoms with Gasteiger partial charge in [-0.15, -0.1) is 11.3 Å². The second-order valence-electron chi connectivity index (χ2n) is 7.40. The molecule has 3 N–H and O–H groups in total. The van der Waals surface area contributed by atoms with Crippen LogP contribution in [0.5, 0.6) is 0 Å². The number of primary amides is 1. The molecule has 3 amide bonds. The minimum Gasteiger partial charge on any atom is -0.459 e. The van der Waals surface area contributed by atoms with E-state index in [1.165, 1.54) is 17.6 Å². The molecular weight excluding hydrogens is 392 g/mol. The van der Waals surface area contributed by atoms with Gasteiger partial charge in [0.1, 0.15) is 5.00 Å². The van der Waals surface area contributed by atoms with Gasteiger partial charge < -0.3 is 20.4 Å². The van der Waals surface area contributed by atoms with Crippen LogP contribution in [0.3, 0.4) is 0 Å². The Bertz CT molecular complexity index is 929. The van der Waals surface area contributed by atoms with E-state index in [1.807, 2.05) is 11.8 Å². The Labute approximate surface area is 172 Å². The van der Waals surface area contributed by atoms with Crippen LogP contribution in [0.2, 0.25) is 0 Å². The number of anilines is 1. The SMILES string of the molecule is C[C@@H](C(=O)Nc1sc2c(c1C(N)=O)CCC2)N1CCN(C(=O)c2ccco2)CC1. The zero-order valence-corrected chi connectivity index (χ0v) is 17.1. The molecule has 0 saturated carbocycles. The molecule has 8 nitrogen and oxygen atoms in total. The van der Waals surface area contributed by atoms with Crippen molar-refractivity contribution in [3.05, 3.63) is 40.2 Å². The van der Waals surface area contributed by atoms with Gasteiger partial charge in [0.2, 0.25) is 5.91 Å². The number of rotatable bonds is 5. The molecule has 1 aliphatic heterocycles. The number of aryl methyl sites for hydroxylation is 1. The van der Waals surface area contributed by atoms with Gasteiger partial charge in [-0.05, 0) is 43.9 Å². The van der Waals surface area contributed by atoms with Gasteiger partial charge in [-0.2, -0.15) is 0 Å². The number of carbonyl (C=O) groups is 3. The number of nitrogens with zero attached hydrogens (tertiary/aromatic N) is 2. The minimum absolute atomic E-state index is 0.133. The second-order valence-corrected chi connectivity index (χ2v) is 8.50. The van der Waals surface area contributed by atoms with E-state index in [-0.39, 0.29) is 17.9 Å². The third kappa shape index (κ3) is 3.79. The van der Waals surface area contributed by atoms with Crippen LogP contribution in [0.1, 0.15) is 44.7 Å². The summed E-state index contributed by atoms with van der Waals surface area (Å²) >= 11 is 1.46. The first-order valence-corrected chi connectivity index (χ1v) is 10.6. The molecular formula is C20H24N4O4S. The van der Waals surface area contributed by atoms with Crippen molar-refractivity contribution >= 4 is 34.1 Å². The summed E-state index contributed by atoms with van der Waals surface area (Å²) in [5.74, 6) is -0.462. The van der Waals surface area contributed by atoms with Crippen LogP contribution in [-0.2, 0) is 17.6 Å². The summed E-state index contributed by atoms with van der Waals surface area (Å²) in [6.45, 7) is 4.06. The number of furan rings is 1. The Hall–Kier alpha value is -2.65. The Kier molecular flexibility index (Phi) is 5.42. The lowest BCUT2D eigenvalue weighted by atomic mass is 10.1. The number of amides is 3.